The molecule has 13 heavy (non-hydrogen) atoms. The minimum atomic E-state index is 0.342. The second-order valence-electron chi connectivity index (χ2n) is 4.32. The Bertz CT molecular complexity index is 178. The summed E-state index contributed by atoms with van der Waals surface area (Å²) in [5, 5.41) is 0. The molecule has 0 aromatic heterocycles. The van der Waals surface area contributed by atoms with Crippen LogP contribution in [0.1, 0.15) is 13.3 Å². The van der Waals surface area contributed by atoms with Crippen LogP contribution in [0.2, 0.25) is 0 Å². The SMILES string of the molecule is CCN1CCN(C)C2(CCOC2)C1. The van der Waals surface area contributed by atoms with Gasteiger partial charge in [0.25, 0.3) is 0 Å². The molecule has 0 aliphatic carbocycles. The zero-order chi connectivity index (χ0) is 9.31. The molecule has 1 unspecified atom stereocenters. The van der Waals surface area contributed by atoms with Crippen LogP contribution < -0.4 is 0 Å². The van der Waals surface area contributed by atoms with E-state index >= 15 is 0 Å². The average Bonchev–Trinajstić information content (AvgIpc) is 2.60. The first-order chi connectivity index (χ1) is 6.27. The monoisotopic (exact) mass is 184 g/mol. The summed E-state index contributed by atoms with van der Waals surface area (Å²) in [4.78, 5) is 5.03. The maximum Gasteiger partial charge on any atom is 0.0663 e. The molecule has 0 saturated carbocycles. The molecule has 2 saturated heterocycles. The number of likely N-dealkylation sites (N-methyl/N-ethyl adjacent to an activating group) is 2. The quantitative estimate of drug-likeness (QED) is 0.587. The first kappa shape index (κ1) is 9.44. The van der Waals surface area contributed by atoms with Crippen molar-refractivity contribution < 1.29 is 4.74 Å². The Balaban J connectivity index is 2.05. The summed E-state index contributed by atoms with van der Waals surface area (Å²) in [6.07, 6.45) is 1.21. The standard InChI is InChI=1S/C10H20N2O/c1-3-12-6-5-11(2)10(8-12)4-7-13-9-10/h3-9H2,1-2H3. The van der Waals surface area contributed by atoms with Crippen molar-refractivity contribution in [3.8, 4) is 0 Å². The van der Waals surface area contributed by atoms with Crippen molar-refractivity contribution >= 4 is 0 Å². The molecular formula is C10H20N2O. The van der Waals surface area contributed by atoms with Crippen molar-refractivity contribution in [2.75, 3.05) is 46.4 Å². The maximum atomic E-state index is 5.53. The second kappa shape index (κ2) is 3.56. The van der Waals surface area contributed by atoms with Crippen LogP contribution in [0.3, 0.4) is 0 Å². The zero-order valence-corrected chi connectivity index (χ0v) is 8.75. The Morgan fingerprint density at radius 1 is 1.38 bits per heavy atom. The van der Waals surface area contributed by atoms with Gasteiger partial charge < -0.3 is 9.64 Å². The topological polar surface area (TPSA) is 15.7 Å². The Kier molecular flexibility index (Phi) is 2.58. The minimum absolute atomic E-state index is 0.342. The minimum Gasteiger partial charge on any atom is -0.379 e. The van der Waals surface area contributed by atoms with Crippen LogP contribution in [-0.2, 0) is 4.74 Å². The van der Waals surface area contributed by atoms with Gasteiger partial charge >= 0.3 is 0 Å². The van der Waals surface area contributed by atoms with Crippen molar-refractivity contribution in [1.82, 2.24) is 9.80 Å². The lowest BCUT2D eigenvalue weighted by atomic mass is 9.93. The number of ether oxygens (including phenoxy) is 1. The summed E-state index contributed by atoms with van der Waals surface area (Å²) < 4.78 is 5.53. The fraction of sp³-hybridized carbons (Fsp3) is 1.00. The third-order valence-electron chi connectivity index (χ3n) is 3.61. The fourth-order valence-corrected chi connectivity index (χ4v) is 2.44. The molecule has 3 heteroatoms. The number of hydrogen-bond donors (Lipinski definition) is 0. The molecule has 0 amide bonds. The van der Waals surface area contributed by atoms with Gasteiger partial charge in [-0.15, -0.1) is 0 Å². The largest absolute Gasteiger partial charge is 0.379 e. The molecule has 2 aliphatic rings. The molecule has 0 aromatic carbocycles. The van der Waals surface area contributed by atoms with Gasteiger partial charge in [-0.25, -0.2) is 0 Å². The van der Waals surface area contributed by atoms with E-state index in [0.717, 1.165) is 13.2 Å². The first-order valence-corrected chi connectivity index (χ1v) is 5.28. The molecule has 3 nitrogen and oxygen atoms in total. The third kappa shape index (κ3) is 1.60. The second-order valence-corrected chi connectivity index (χ2v) is 4.32. The highest BCUT2D eigenvalue weighted by atomic mass is 16.5. The van der Waals surface area contributed by atoms with Crippen LogP contribution in [0, 0.1) is 0 Å². The highest BCUT2D eigenvalue weighted by molar-refractivity contribution is 4.98. The molecule has 2 heterocycles. The van der Waals surface area contributed by atoms with Gasteiger partial charge in [-0.3, -0.25) is 4.90 Å². The van der Waals surface area contributed by atoms with Gasteiger partial charge in [-0.1, -0.05) is 6.92 Å². The van der Waals surface area contributed by atoms with Gasteiger partial charge in [0.15, 0.2) is 0 Å². The number of rotatable bonds is 1. The van der Waals surface area contributed by atoms with E-state index in [4.69, 9.17) is 4.74 Å². The van der Waals surface area contributed by atoms with Gasteiger partial charge in [-0.05, 0) is 20.0 Å². The predicted molar refractivity (Wildman–Crippen MR) is 52.9 cm³/mol. The highest BCUT2D eigenvalue weighted by Gasteiger charge is 2.42. The molecule has 1 atom stereocenters. The summed E-state index contributed by atoms with van der Waals surface area (Å²) in [5.74, 6) is 0. The molecule has 2 aliphatic heterocycles. The van der Waals surface area contributed by atoms with Crippen LogP contribution >= 0.6 is 0 Å². The van der Waals surface area contributed by atoms with E-state index in [1.54, 1.807) is 0 Å². The lowest BCUT2D eigenvalue weighted by Gasteiger charge is -2.46. The Morgan fingerprint density at radius 2 is 2.23 bits per heavy atom. The first-order valence-electron chi connectivity index (χ1n) is 5.28. The molecule has 0 radical (unpaired) electrons. The summed E-state index contributed by atoms with van der Waals surface area (Å²) in [6, 6.07) is 0. The number of piperazine rings is 1. The molecular weight excluding hydrogens is 164 g/mol. The van der Waals surface area contributed by atoms with Crippen LogP contribution in [0.15, 0.2) is 0 Å². The molecule has 0 aromatic rings. The predicted octanol–water partition coefficient (Wildman–Crippen LogP) is 0.413. The van der Waals surface area contributed by atoms with Crippen LogP contribution in [0.5, 0.6) is 0 Å². The van der Waals surface area contributed by atoms with Crippen molar-refractivity contribution in [3.05, 3.63) is 0 Å². The number of nitrogens with zero attached hydrogens (tertiary/aromatic N) is 2. The fourth-order valence-electron chi connectivity index (χ4n) is 2.44. The maximum absolute atomic E-state index is 5.53. The van der Waals surface area contributed by atoms with Crippen molar-refractivity contribution in [2.24, 2.45) is 0 Å². The van der Waals surface area contributed by atoms with E-state index in [1.165, 1.54) is 32.6 Å². The van der Waals surface area contributed by atoms with E-state index < -0.39 is 0 Å². The van der Waals surface area contributed by atoms with Crippen molar-refractivity contribution in [1.29, 1.82) is 0 Å². The summed E-state index contributed by atoms with van der Waals surface area (Å²) >= 11 is 0. The van der Waals surface area contributed by atoms with Crippen molar-refractivity contribution in [3.63, 3.8) is 0 Å². The van der Waals surface area contributed by atoms with Crippen LogP contribution in [0.4, 0.5) is 0 Å². The smallest absolute Gasteiger partial charge is 0.0663 e. The van der Waals surface area contributed by atoms with E-state index in [-0.39, 0.29) is 0 Å². The number of hydrogen-bond acceptors (Lipinski definition) is 3. The molecule has 0 bridgehead atoms. The van der Waals surface area contributed by atoms with Gasteiger partial charge in [0.05, 0.1) is 12.1 Å². The lowest BCUT2D eigenvalue weighted by molar-refractivity contribution is 0.00983. The molecule has 76 valence electrons. The summed E-state index contributed by atoms with van der Waals surface area (Å²) in [6.45, 7) is 8.90. The van der Waals surface area contributed by atoms with Crippen LogP contribution in [0.25, 0.3) is 0 Å². The molecule has 2 rings (SSSR count). The average molecular weight is 184 g/mol. The Hall–Kier alpha value is -0.120. The van der Waals surface area contributed by atoms with E-state index in [9.17, 15) is 0 Å². The molecule has 0 N–H and O–H groups in total. The van der Waals surface area contributed by atoms with E-state index in [2.05, 4.69) is 23.8 Å². The third-order valence-corrected chi connectivity index (χ3v) is 3.61. The summed E-state index contributed by atoms with van der Waals surface area (Å²) in [7, 11) is 2.24. The van der Waals surface area contributed by atoms with Gasteiger partial charge in [0.1, 0.15) is 0 Å². The Labute approximate surface area is 80.6 Å². The van der Waals surface area contributed by atoms with E-state index in [1.807, 2.05) is 0 Å². The Morgan fingerprint density at radius 3 is 2.85 bits per heavy atom. The van der Waals surface area contributed by atoms with Crippen LogP contribution in [-0.4, -0.2) is 61.8 Å². The highest BCUT2D eigenvalue weighted by Crippen LogP contribution is 2.28. The normalized spacial score (nSPS) is 37.4. The van der Waals surface area contributed by atoms with Crippen molar-refractivity contribution in [2.45, 2.75) is 18.9 Å². The molecule has 2 fully saturated rings. The van der Waals surface area contributed by atoms with E-state index in [0.29, 0.717) is 5.54 Å². The molecule has 1 spiro atoms. The lowest BCUT2D eigenvalue weighted by Crippen LogP contribution is -2.61. The van der Waals surface area contributed by atoms with Gasteiger partial charge in [0.2, 0.25) is 0 Å². The zero-order valence-electron chi connectivity index (χ0n) is 8.75. The van der Waals surface area contributed by atoms with Gasteiger partial charge in [0, 0.05) is 26.2 Å². The van der Waals surface area contributed by atoms with Gasteiger partial charge in [-0.2, -0.15) is 0 Å². The summed E-state index contributed by atoms with van der Waals surface area (Å²) in [5.41, 5.74) is 0.342.